The van der Waals surface area contributed by atoms with E-state index in [0.717, 1.165) is 43.8 Å². The van der Waals surface area contributed by atoms with E-state index in [1.54, 1.807) is 0 Å². The Labute approximate surface area is 117 Å². The van der Waals surface area contributed by atoms with Crippen LogP contribution >= 0.6 is 0 Å². The molecule has 0 aromatic carbocycles. The van der Waals surface area contributed by atoms with Crippen molar-refractivity contribution in [2.45, 2.75) is 43.9 Å². The van der Waals surface area contributed by atoms with Crippen molar-refractivity contribution in [2.24, 2.45) is 0 Å². The van der Waals surface area contributed by atoms with Crippen molar-refractivity contribution < 1.29 is 18.8 Å². The Morgan fingerprint density at radius 1 is 1.37 bits per heavy atom. The molecule has 0 aliphatic carbocycles. The van der Waals surface area contributed by atoms with Crippen LogP contribution in [0, 0.1) is 0 Å². The van der Waals surface area contributed by atoms with E-state index in [9.17, 15) is 9.32 Å². The van der Waals surface area contributed by atoms with Gasteiger partial charge in [0.2, 0.25) is 0 Å². The van der Waals surface area contributed by atoms with Crippen molar-refractivity contribution >= 4 is 10.8 Å². The highest BCUT2D eigenvalue weighted by molar-refractivity contribution is 7.85. The number of rotatable bonds is 7. The van der Waals surface area contributed by atoms with Crippen molar-refractivity contribution in [1.29, 1.82) is 0 Å². The van der Waals surface area contributed by atoms with Crippen molar-refractivity contribution in [3.63, 3.8) is 0 Å². The molecule has 0 spiro atoms. The Morgan fingerprint density at radius 3 is 2.84 bits per heavy atom. The molecular weight excluding hydrogens is 266 g/mol. The van der Waals surface area contributed by atoms with Crippen LogP contribution in [0.25, 0.3) is 0 Å². The number of aliphatic hydroxyl groups is 1. The summed E-state index contributed by atoms with van der Waals surface area (Å²) in [6.45, 7) is 2.31. The zero-order valence-electron chi connectivity index (χ0n) is 11.4. The average Bonchev–Trinajstić information content (AvgIpc) is 2.91. The SMILES string of the molecule is O=S1CCC(NCC(O)COCC2CCCO2)CC1. The fourth-order valence-corrected chi connectivity index (χ4v) is 3.77. The van der Waals surface area contributed by atoms with Gasteiger partial charge in [-0.05, 0) is 25.7 Å². The average molecular weight is 291 g/mol. The zero-order chi connectivity index (χ0) is 13.5. The number of aliphatic hydroxyl groups excluding tert-OH is 1. The van der Waals surface area contributed by atoms with Crippen LogP contribution in [0.4, 0.5) is 0 Å². The Kier molecular flexibility index (Phi) is 6.73. The third-order valence-corrected chi connectivity index (χ3v) is 5.05. The summed E-state index contributed by atoms with van der Waals surface area (Å²) in [5, 5.41) is 13.1. The van der Waals surface area contributed by atoms with Crippen LogP contribution in [-0.2, 0) is 20.3 Å². The summed E-state index contributed by atoms with van der Waals surface area (Å²) in [5.41, 5.74) is 0. The zero-order valence-corrected chi connectivity index (χ0v) is 12.2. The molecule has 2 unspecified atom stereocenters. The van der Waals surface area contributed by atoms with E-state index >= 15 is 0 Å². The van der Waals surface area contributed by atoms with E-state index in [0.29, 0.717) is 25.8 Å². The number of hydrogen-bond acceptors (Lipinski definition) is 5. The summed E-state index contributed by atoms with van der Waals surface area (Å²) >= 11 is 0. The number of ether oxygens (including phenoxy) is 2. The van der Waals surface area contributed by atoms with Crippen LogP contribution in [0.1, 0.15) is 25.7 Å². The molecule has 2 saturated heterocycles. The first-order valence-electron chi connectivity index (χ1n) is 7.20. The Balaban J connectivity index is 1.49. The standard InChI is InChI=1S/C13H25NO4S/c15-12(9-17-10-13-2-1-5-18-13)8-14-11-3-6-19(16)7-4-11/h11-15H,1-10H2. The second-order valence-corrected chi connectivity index (χ2v) is 7.05. The summed E-state index contributed by atoms with van der Waals surface area (Å²) in [7, 11) is -0.623. The maximum Gasteiger partial charge on any atom is 0.0897 e. The first-order valence-corrected chi connectivity index (χ1v) is 8.68. The first kappa shape index (κ1) is 15.4. The van der Waals surface area contributed by atoms with Crippen molar-refractivity contribution in [1.82, 2.24) is 5.32 Å². The maximum atomic E-state index is 11.2. The Hall–Kier alpha value is -0.0100. The highest BCUT2D eigenvalue weighted by Crippen LogP contribution is 2.12. The fourth-order valence-electron chi connectivity index (χ4n) is 2.47. The first-order chi connectivity index (χ1) is 9.24. The van der Waals surface area contributed by atoms with Gasteiger partial charge in [0.1, 0.15) is 0 Å². The van der Waals surface area contributed by atoms with Gasteiger partial charge in [-0.2, -0.15) is 0 Å². The molecule has 2 heterocycles. The minimum atomic E-state index is -0.623. The molecule has 5 nitrogen and oxygen atoms in total. The lowest BCUT2D eigenvalue weighted by Crippen LogP contribution is -2.41. The molecule has 0 aromatic rings. The van der Waals surface area contributed by atoms with Gasteiger partial charge in [-0.25, -0.2) is 0 Å². The Bertz CT molecular complexity index is 274. The molecule has 2 atom stereocenters. The van der Waals surface area contributed by atoms with E-state index in [2.05, 4.69) is 5.32 Å². The van der Waals surface area contributed by atoms with E-state index < -0.39 is 16.9 Å². The van der Waals surface area contributed by atoms with Crippen molar-refractivity contribution in [3.05, 3.63) is 0 Å². The second kappa shape index (κ2) is 8.32. The van der Waals surface area contributed by atoms with Crippen LogP contribution in [-0.4, -0.2) is 65.4 Å². The number of hydrogen-bond donors (Lipinski definition) is 2. The maximum absolute atomic E-state index is 11.2. The van der Waals surface area contributed by atoms with Gasteiger partial charge < -0.3 is 19.9 Å². The predicted octanol–water partition coefficient (Wildman–Crippen LogP) is 0.0436. The lowest BCUT2D eigenvalue weighted by molar-refractivity contribution is -0.0169. The van der Waals surface area contributed by atoms with Gasteiger partial charge in [0.25, 0.3) is 0 Å². The van der Waals surface area contributed by atoms with Crippen molar-refractivity contribution in [3.8, 4) is 0 Å². The molecule has 2 aliphatic heterocycles. The van der Waals surface area contributed by atoms with Crippen LogP contribution in [0.5, 0.6) is 0 Å². The highest BCUT2D eigenvalue weighted by atomic mass is 32.2. The fraction of sp³-hybridized carbons (Fsp3) is 1.00. The van der Waals surface area contributed by atoms with Crippen LogP contribution in [0.3, 0.4) is 0 Å². The van der Waals surface area contributed by atoms with Gasteiger partial charge >= 0.3 is 0 Å². The van der Waals surface area contributed by atoms with Crippen LogP contribution < -0.4 is 5.32 Å². The highest BCUT2D eigenvalue weighted by Gasteiger charge is 2.19. The van der Waals surface area contributed by atoms with Gasteiger partial charge in [0.05, 0.1) is 25.4 Å². The molecule has 112 valence electrons. The minimum Gasteiger partial charge on any atom is -0.389 e. The quantitative estimate of drug-likeness (QED) is 0.693. The molecule has 0 radical (unpaired) electrons. The summed E-state index contributed by atoms with van der Waals surface area (Å²) in [6.07, 6.45) is 3.79. The third-order valence-electron chi connectivity index (χ3n) is 3.67. The van der Waals surface area contributed by atoms with Gasteiger partial charge in [0, 0.05) is 41.5 Å². The largest absolute Gasteiger partial charge is 0.389 e. The lowest BCUT2D eigenvalue weighted by Gasteiger charge is -2.24. The molecule has 2 N–H and O–H groups in total. The molecular formula is C13H25NO4S. The van der Waals surface area contributed by atoms with Gasteiger partial charge in [-0.1, -0.05) is 0 Å². The normalized spacial score (nSPS) is 33.4. The van der Waals surface area contributed by atoms with Gasteiger partial charge in [-0.15, -0.1) is 0 Å². The number of nitrogens with one attached hydrogen (secondary N) is 1. The topological polar surface area (TPSA) is 67.8 Å². The molecule has 6 heteroatoms. The lowest BCUT2D eigenvalue weighted by atomic mass is 10.1. The monoisotopic (exact) mass is 291 g/mol. The molecule has 2 fully saturated rings. The summed E-state index contributed by atoms with van der Waals surface area (Å²) in [6, 6.07) is 0.394. The molecule has 0 aromatic heterocycles. The van der Waals surface area contributed by atoms with Crippen molar-refractivity contribution in [2.75, 3.05) is 37.9 Å². The molecule has 0 bridgehead atoms. The van der Waals surface area contributed by atoms with Gasteiger partial charge in [0.15, 0.2) is 0 Å². The van der Waals surface area contributed by atoms with E-state index in [-0.39, 0.29) is 6.10 Å². The minimum absolute atomic E-state index is 0.216. The summed E-state index contributed by atoms with van der Waals surface area (Å²) in [5.74, 6) is 1.56. The molecule has 0 saturated carbocycles. The Morgan fingerprint density at radius 2 is 2.16 bits per heavy atom. The van der Waals surface area contributed by atoms with E-state index in [1.807, 2.05) is 0 Å². The molecule has 0 amide bonds. The smallest absolute Gasteiger partial charge is 0.0897 e. The summed E-state index contributed by atoms with van der Waals surface area (Å²) < 4.78 is 22.1. The molecule has 2 aliphatic rings. The second-order valence-electron chi connectivity index (χ2n) is 5.36. The third kappa shape index (κ3) is 5.87. The van der Waals surface area contributed by atoms with E-state index in [4.69, 9.17) is 9.47 Å². The summed E-state index contributed by atoms with van der Waals surface area (Å²) in [4.78, 5) is 0. The molecule has 2 rings (SSSR count). The van der Waals surface area contributed by atoms with Crippen LogP contribution in [0.15, 0.2) is 0 Å². The van der Waals surface area contributed by atoms with Crippen LogP contribution in [0.2, 0.25) is 0 Å². The van der Waals surface area contributed by atoms with E-state index in [1.165, 1.54) is 0 Å². The molecule has 19 heavy (non-hydrogen) atoms. The predicted molar refractivity (Wildman–Crippen MR) is 74.7 cm³/mol. The van der Waals surface area contributed by atoms with Gasteiger partial charge in [-0.3, -0.25) is 4.21 Å².